The number of allylic oxidation sites excluding steroid dienone is 1. The second-order valence-corrected chi connectivity index (χ2v) is 1.91. The van der Waals surface area contributed by atoms with E-state index in [-0.39, 0.29) is 0 Å². The lowest BCUT2D eigenvalue weighted by molar-refractivity contribution is -0.104. The van der Waals surface area contributed by atoms with Crippen LogP contribution in [-0.4, -0.2) is 6.29 Å². The molecule has 1 aromatic rings. The molecular formula is C9H8O. The van der Waals surface area contributed by atoms with E-state index < -0.39 is 0 Å². The first kappa shape index (κ1) is 6.75. The van der Waals surface area contributed by atoms with E-state index in [4.69, 9.17) is 0 Å². The van der Waals surface area contributed by atoms with Crippen LogP contribution >= 0.6 is 0 Å². The number of aldehydes is 1. The highest BCUT2D eigenvalue weighted by atomic mass is 16.1. The van der Waals surface area contributed by atoms with E-state index in [1.807, 2.05) is 30.3 Å². The number of rotatable bonds is 2. The fourth-order valence-corrected chi connectivity index (χ4v) is 0.715. The molecule has 0 aliphatic rings. The van der Waals surface area contributed by atoms with E-state index in [0.29, 0.717) is 0 Å². The Morgan fingerprint density at radius 3 is 2.40 bits per heavy atom. The molecule has 1 heteroatoms. The smallest absolute Gasteiger partial charge is 0.142 e. The third-order valence-corrected chi connectivity index (χ3v) is 1.17. The Kier molecular flexibility index (Phi) is 2.44. The lowest BCUT2D eigenvalue weighted by Crippen LogP contribution is -1.67. The summed E-state index contributed by atoms with van der Waals surface area (Å²) in [5.74, 6) is 0. The maximum absolute atomic E-state index is 9.89. The first-order chi connectivity index (χ1) is 4.93. The van der Waals surface area contributed by atoms with Crippen molar-refractivity contribution in [2.75, 3.05) is 0 Å². The minimum atomic E-state index is 0.771. The van der Waals surface area contributed by atoms with Gasteiger partial charge in [0.2, 0.25) is 0 Å². The molecule has 50 valence electrons. The topological polar surface area (TPSA) is 17.1 Å². The molecule has 0 atom stereocenters. The van der Waals surface area contributed by atoms with Gasteiger partial charge < -0.3 is 0 Å². The Morgan fingerprint density at radius 1 is 1.10 bits per heavy atom. The van der Waals surface area contributed by atoms with Gasteiger partial charge in [0.25, 0.3) is 0 Å². The Bertz CT molecular complexity index is 224. The largest absolute Gasteiger partial charge is 0.299 e. The van der Waals surface area contributed by atoms with Crippen LogP contribution in [0.25, 0.3) is 6.08 Å². The van der Waals surface area contributed by atoms with Crippen molar-refractivity contribution < 1.29 is 4.79 Å². The molecule has 0 aromatic heterocycles. The normalized spacial score (nSPS) is 10.0. The third-order valence-electron chi connectivity index (χ3n) is 1.17. The van der Waals surface area contributed by atoms with Crippen LogP contribution in [0.2, 0.25) is 0 Å². The molecular weight excluding hydrogens is 124 g/mol. The van der Waals surface area contributed by atoms with Gasteiger partial charge in [0.1, 0.15) is 6.29 Å². The molecule has 1 nitrogen and oxygen atoms in total. The molecule has 0 amide bonds. The average molecular weight is 132 g/mol. The monoisotopic (exact) mass is 132 g/mol. The molecule has 0 saturated heterocycles. The lowest BCUT2D eigenvalue weighted by Gasteiger charge is -1.86. The molecule has 0 unspecified atom stereocenters. The number of carbonyl (C=O) groups excluding carboxylic acids is 1. The first-order valence-electron chi connectivity index (χ1n) is 3.10. The van der Waals surface area contributed by atoms with Crippen molar-refractivity contribution in [1.82, 2.24) is 0 Å². The number of benzene rings is 1. The predicted octanol–water partition coefficient (Wildman–Crippen LogP) is 1.90. The maximum atomic E-state index is 9.89. The van der Waals surface area contributed by atoms with Crippen LogP contribution in [0, 0.1) is 0 Å². The standard InChI is InChI=1S/C9H8O/c10-8-4-7-9-5-2-1-3-6-9/h1-8H/b7-4-. The fraction of sp³-hybridized carbons (Fsp3) is 0. The van der Waals surface area contributed by atoms with Gasteiger partial charge in [0.05, 0.1) is 0 Å². The van der Waals surface area contributed by atoms with Crippen LogP contribution in [0.3, 0.4) is 0 Å². The molecule has 1 rings (SSSR count). The van der Waals surface area contributed by atoms with E-state index in [1.165, 1.54) is 6.08 Å². The van der Waals surface area contributed by atoms with E-state index in [1.54, 1.807) is 6.08 Å². The molecule has 0 bridgehead atoms. The Morgan fingerprint density at radius 2 is 1.80 bits per heavy atom. The number of carbonyl (C=O) groups is 1. The van der Waals surface area contributed by atoms with Crippen LogP contribution < -0.4 is 0 Å². The number of hydrogen-bond acceptors (Lipinski definition) is 1. The van der Waals surface area contributed by atoms with Gasteiger partial charge in [-0.1, -0.05) is 36.4 Å². The Balaban J connectivity index is 2.76. The van der Waals surface area contributed by atoms with Crippen LogP contribution in [0.5, 0.6) is 0 Å². The molecule has 0 radical (unpaired) electrons. The zero-order chi connectivity index (χ0) is 7.23. The molecule has 0 saturated carbocycles. The summed E-state index contributed by atoms with van der Waals surface area (Å²) in [7, 11) is 0. The van der Waals surface area contributed by atoms with Crippen LogP contribution in [-0.2, 0) is 4.79 Å². The van der Waals surface area contributed by atoms with Gasteiger partial charge in [-0.3, -0.25) is 4.79 Å². The first-order valence-corrected chi connectivity index (χ1v) is 3.10. The molecule has 1 aromatic carbocycles. The summed E-state index contributed by atoms with van der Waals surface area (Å²) in [6, 6.07) is 9.70. The highest BCUT2D eigenvalue weighted by Gasteiger charge is 1.79. The van der Waals surface area contributed by atoms with Crippen molar-refractivity contribution in [1.29, 1.82) is 0 Å². The lowest BCUT2D eigenvalue weighted by atomic mass is 10.2. The molecule has 0 heterocycles. The summed E-state index contributed by atoms with van der Waals surface area (Å²) < 4.78 is 0. The summed E-state index contributed by atoms with van der Waals surface area (Å²) in [5.41, 5.74) is 1.05. The van der Waals surface area contributed by atoms with Crippen molar-refractivity contribution >= 4 is 12.4 Å². The minimum absolute atomic E-state index is 0.771. The predicted molar refractivity (Wildman–Crippen MR) is 41.5 cm³/mol. The molecule has 0 fully saturated rings. The molecule has 0 aliphatic heterocycles. The molecule has 0 spiro atoms. The van der Waals surface area contributed by atoms with E-state index in [0.717, 1.165) is 11.8 Å². The fourth-order valence-electron chi connectivity index (χ4n) is 0.715. The molecule has 0 aliphatic carbocycles. The van der Waals surface area contributed by atoms with Crippen LogP contribution in [0.4, 0.5) is 0 Å². The molecule has 0 N–H and O–H groups in total. The van der Waals surface area contributed by atoms with Gasteiger partial charge in [-0.05, 0) is 11.6 Å². The minimum Gasteiger partial charge on any atom is -0.299 e. The quantitative estimate of drug-likeness (QED) is 0.443. The van der Waals surface area contributed by atoms with Gasteiger partial charge in [-0.2, -0.15) is 0 Å². The SMILES string of the molecule is O=C/C=C\c1ccccc1. The second-order valence-electron chi connectivity index (χ2n) is 1.91. The van der Waals surface area contributed by atoms with Crippen molar-refractivity contribution in [2.45, 2.75) is 0 Å². The summed E-state index contributed by atoms with van der Waals surface area (Å²) in [6.07, 6.45) is 4.02. The molecule has 10 heavy (non-hydrogen) atoms. The van der Waals surface area contributed by atoms with Crippen LogP contribution in [0.1, 0.15) is 5.56 Å². The van der Waals surface area contributed by atoms with Gasteiger partial charge in [0.15, 0.2) is 0 Å². The summed E-state index contributed by atoms with van der Waals surface area (Å²) in [5, 5.41) is 0. The Labute approximate surface area is 60.0 Å². The summed E-state index contributed by atoms with van der Waals surface area (Å²) in [4.78, 5) is 9.89. The Hall–Kier alpha value is -1.37. The van der Waals surface area contributed by atoms with Crippen molar-refractivity contribution in [2.24, 2.45) is 0 Å². The van der Waals surface area contributed by atoms with Crippen molar-refractivity contribution in [3.63, 3.8) is 0 Å². The second kappa shape index (κ2) is 3.62. The zero-order valence-electron chi connectivity index (χ0n) is 5.53. The third kappa shape index (κ3) is 1.86. The van der Waals surface area contributed by atoms with E-state index in [2.05, 4.69) is 0 Å². The summed E-state index contributed by atoms with van der Waals surface area (Å²) >= 11 is 0. The maximum Gasteiger partial charge on any atom is 0.142 e. The van der Waals surface area contributed by atoms with Gasteiger partial charge in [-0.15, -0.1) is 0 Å². The van der Waals surface area contributed by atoms with Crippen LogP contribution in [0.15, 0.2) is 36.4 Å². The summed E-state index contributed by atoms with van der Waals surface area (Å²) in [6.45, 7) is 0. The van der Waals surface area contributed by atoms with Gasteiger partial charge in [0, 0.05) is 0 Å². The van der Waals surface area contributed by atoms with E-state index in [9.17, 15) is 4.79 Å². The van der Waals surface area contributed by atoms with Gasteiger partial charge >= 0.3 is 0 Å². The average Bonchev–Trinajstić information content (AvgIpc) is 2.03. The van der Waals surface area contributed by atoms with Crippen molar-refractivity contribution in [3.05, 3.63) is 42.0 Å². The number of hydrogen-bond donors (Lipinski definition) is 0. The van der Waals surface area contributed by atoms with Crippen molar-refractivity contribution in [3.8, 4) is 0 Å². The van der Waals surface area contributed by atoms with Gasteiger partial charge in [-0.25, -0.2) is 0 Å². The highest BCUT2D eigenvalue weighted by Crippen LogP contribution is 1.99. The zero-order valence-corrected chi connectivity index (χ0v) is 5.53. The highest BCUT2D eigenvalue weighted by molar-refractivity contribution is 5.73. The van der Waals surface area contributed by atoms with E-state index >= 15 is 0 Å².